The third kappa shape index (κ3) is 5.00. The van der Waals surface area contributed by atoms with Crippen LogP contribution in [0.25, 0.3) is 0 Å². The number of nitrogens with one attached hydrogen (secondary N) is 1. The fraction of sp³-hybridized carbons (Fsp3) is 0.174. The fourth-order valence-electron chi connectivity index (χ4n) is 3.31. The highest BCUT2D eigenvalue weighted by Gasteiger charge is 2.10. The predicted molar refractivity (Wildman–Crippen MR) is 118 cm³/mol. The monoisotopic (exact) mass is 437 g/mol. The van der Waals surface area contributed by atoms with Crippen LogP contribution in [0.5, 0.6) is 0 Å². The van der Waals surface area contributed by atoms with Crippen LogP contribution in [0, 0.1) is 19.7 Å². The van der Waals surface area contributed by atoms with Crippen LogP contribution in [-0.4, -0.2) is 25.5 Å². The van der Waals surface area contributed by atoms with Gasteiger partial charge in [-0.1, -0.05) is 29.8 Å². The lowest BCUT2D eigenvalue weighted by Gasteiger charge is -2.07. The zero-order chi connectivity index (χ0) is 22.0. The summed E-state index contributed by atoms with van der Waals surface area (Å²) in [7, 11) is 0. The van der Waals surface area contributed by atoms with Gasteiger partial charge in [0.2, 0.25) is 0 Å². The predicted octanol–water partition coefficient (Wildman–Crippen LogP) is 4.84. The third-order valence-electron chi connectivity index (χ3n) is 4.89. The summed E-state index contributed by atoms with van der Waals surface area (Å²) in [6, 6.07) is 13.7. The van der Waals surface area contributed by atoms with Crippen LogP contribution in [0.3, 0.4) is 0 Å². The minimum absolute atomic E-state index is 0.225. The summed E-state index contributed by atoms with van der Waals surface area (Å²) in [4.78, 5) is 12.6. The van der Waals surface area contributed by atoms with E-state index in [1.54, 1.807) is 35.3 Å². The SMILES string of the molecule is Cc1cc(C)n(Cc2ccc(C(=O)Nc3cnn(Cc4ccc(F)cc4Cl)c3)cc2)n1. The Morgan fingerprint density at radius 1 is 1.10 bits per heavy atom. The van der Waals surface area contributed by atoms with Crippen LogP contribution in [-0.2, 0) is 13.1 Å². The fourth-order valence-corrected chi connectivity index (χ4v) is 3.54. The Morgan fingerprint density at radius 3 is 2.55 bits per heavy atom. The Balaban J connectivity index is 1.38. The average molecular weight is 438 g/mol. The number of carbonyl (C=O) groups is 1. The topological polar surface area (TPSA) is 64.7 Å². The molecule has 1 N–H and O–H groups in total. The standard InChI is InChI=1S/C23H21ClFN5O/c1-15-9-16(2)30(28-15)12-17-3-5-18(6-4-17)23(31)27-21-11-26-29(14-21)13-19-7-8-20(25)10-22(19)24/h3-11,14H,12-13H2,1-2H3,(H,27,31). The number of halogens is 2. The van der Waals surface area contributed by atoms with Crippen LogP contribution in [0.1, 0.15) is 32.9 Å². The Morgan fingerprint density at radius 2 is 1.87 bits per heavy atom. The number of hydrogen-bond donors (Lipinski definition) is 1. The van der Waals surface area contributed by atoms with Gasteiger partial charge >= 0.3 is 0 Å². The van der Waals surface area contributed by atoms with Gasteiger partial charge in [-0.25, -0.2) is 4.39 Å². The van der Waals surface area contributed by atoms with Crippen molar-refractivity contribution in [3.8, 4) is 0 Å². The van der Waals surface area contributed by atoms with Gasteiger partial charge < -0.3 is 5.32 Å². The van der Waals surface area contributed by atoms with Crippen molar-refractivity contribution in [3.05, 3.63) is 99.8 Å². The van der Waals surface area contributed by atoms with Crippen LogP contribution in [0.2, 0.25) is 5.02 Å². The number of rotatable bonds is 6. The number of aryl methyl sites for hydroxylation is 2. The van der Waals surface area contributed by atoms with Crippen molar-refractivity contribution >= 4 is 23.2 Å². The van der Waals surface area contributed by atoms with Gasteiger partial charge in [0.1, 0.15) is 5.82 Å². The molecule has 4 rings (SSSR count). The summed E-state index contributed by atoms with van der Waals surface area (Å²) < 4.78 is 16.8. The van der Waals surface area contributed by atoms with Gasteiger partial charge in [-0.15, -0.1) is 0 Å². The molecule has 0 unspecified atom stereocenters. The minimum Gasteiger partial charge on any atom is -0.319 e. The zero-order valence-electron chi connectivity index (χ0n) is 17.1. The van der Waals surface area contributed by atoms with Crippen LogP contribution in [0.15, 0.2) is 60.9 Å². The Hall–Kier alpha value is -3.45. The largest absolute Gasteiger partial charge is 0.319 e. The number of carbonyl (C=O) groups excluding carboxylic acids is 1. The van der Waals surface area contributed by atoms with Crippen molar-refractivity contribution in [1.29, 1.82) is 0 Å². The molecular formula is C23H21ClFN5O. The maximum Gasteiger partial charge on any atom is 0.255 e. The van der Waals surface area contributed by atoms with E-state index < -0.39 is 0 Å². The Kier molecular flexibility index (Phi) is 5.86. The molecule has 6 nitrogen and oxygen atoms in total. The minimum atomic E-state index is -0.386. The van der Waals surface area contributed by atoms with Gasteiger partial charge in [0, 0.05) is 22.5 Å². The lowest BCUT2D eigenvalue weighted by molar-refractivity contribution is 0.102. The van der Waals surface area contributed by atoms with E-state index in [1.807, 2.05) is 36.7 Å². The Bertz CT molecular complexity index is 1230. The molecule has 0 saturated carbocycles. The molecule has 8 heteroatoms. The molecule has 2 aromatic heterocycles. The summed E-state index contributed by atoms with van der Waals surface area (Å²) in [6.07, 6.45) is 3.27. The smallest absolute Gasteiger partial charge is 0.255 e. The molecule has 0 radical (unpaired) electrons. The van der Waals surface area contributed by atoms with E-state index in [0.717, 1.165) is 22.5 Å². The average Bonchev–Trinajstić information content (AvgIpc) is 3.29. The molecule has 0 bridgehead atoms. The molecule has 0 fully saturated rings. The van der Waals surface area contributed by atoms with E-state index >= 15 is 0 Å². The molecular weight excluding hydrogens is 417 g/mol. The first-order valence-electron chi connectivity index (χ1n) is 9.75. The van der Waals surface area contributed by atoms with E-state index in [2.05, 4.69) is 15.5 Å². The number of benzene rings is 2. The van der Waals surface area contributed by atoms with E-state index in [0.29, 0.717) is 29.4 Å². The van der Waals surface area contributed by atoms with Crippen molar-refractivity contribution in [2.45, 2.75) is 26.9 Å². The molecule has 1 amide bonds. The van der Waals surface area contributed by atoms with Gasteiger partial charge in [-0.3, -0.25) is 14.2 Å². The molecule has 0 aliphatic heterocycles. The number of hydrogen-bond acceptors (Lipinski definition) is 3. The van der Waals surface area contributed by atoms with Crippen LogP contribution in [0.4, 0.5) is 10.1 Å². The number of anilines is 1. The van der Waals surface area contributed by atoms with Crippen LogP contribution < -0.4 is 5.32 Å². The van der Waals surface area contributed by atoms with Gasteiger partial charge in [-0.05, 0) is 55.3 Å². The van der Waals surface area contributed by atoms with E-state index in [9.17, 15) is 9.18 Å². The lowest BCUT2D eigenvalue weighted by atomic mass is 10.1. The van der Waals surface area contributed by atoms with Crippen LogP contribution >= 0.6 is 11.6 Å². The third-order valence-corrected chi connectivity index (χ3v) is 5.24. The molecule has 4 aromatic rings. The van der Waals surface area contributed by atoms with Gasteiger partial charge in [0.25, 0.3) is 5.91 Å². The molecule has 0 saturated heterocycles. The van der Waals surface area contributed by atoms with Crippen molar-refractivity contribution in [2.24, 2.45) is 0 Å². The molecule has 0 aliphatic carbocycles. The second-order valence-electron chi connectivity index (χ2n) is 7.40. The molecule has 2 heterocycles. The molecule has 0 atom stereocenters. The number of aromatic nitrogens is 4. The quantitative estimate of drug-likeness (QED) is 0.469. The number of nitrogens with zero attached hydrogens (tertiary/aromatic N) is 4. The van der Waals surface area contributed by atoms with E-state index in [-0.39, 0.29) is 11.7 Å². The van der Waals surface area contributed by atoms with Crippen molar-refractivity contribution in [3.63, 3.8) is 0 Å². The van der Waals surface area contributed by atoms with Crippen molar-refractivity contribution in [2.75, 3.05) is 5.32 Å². The molecule has 0 spiro atoms. The maximum atomic E-state index is 13.2. The highest BCUT2D eigenvalue weighted by molar-refractivity contribution is 6.31. The van der Waals surface area contributed by atoms with Crippen molar-refractivity contribution in [1.82, 2.24) is 19.6 Å². The van der Waals surface area contributed by atoms with Gasteiger partial charge in [0.15, 0.2) is 0 Å². The molecule has 158 valence electrons. The summed E-state index contributed by atoms with van der Waals surface area (Å²) in [6.45, 7) is 5.01. The first kappa shape index (κ1) is 20.8. The summed E-state index contributed by atoms with van der Waals surface area (Å²) in [5.41, 5.74) is 4.99. The summed E-state index contributed by atoms with van der Waals surface area (Å²) in [5.74, 6) is -0.611. The van der Waals surface area contributed by atoms with Gasteiger partial charge in [-0.2, -0.15) is 10.2 Å². The zero-order valence-corrected chi connectivity index (χ0v) is 17.9. The maximum absolute atomic E-state index is 13.2. The second kappa shape index (κ2) is 8.73. The first-order chi connectivity index (χ1) is 14.9. The van der Waals surface area contributed by atoms with Crippen molar-refractivity contribution < 1.29 is 9.18 Å². The summed E-state index contributed by atoms with van der Waals surface area (Å²) in [5, 5.41) is 11.9. The lowest BCUT2D eigenvalue weighted by Crippen LogP contribution is -2.12. The first-order valence-corrected chi connectivity index (χ1v) is 10.1. The van der Waals surface area contributed by atoms with E-state index in [4.69, 9.17) is 11.6 Å². The molecule has 31 heavy (non-hydrogen) atoms. The number of amides is 1. The molecule has 2 aromatic carbocycles. The van der Waals surface area contributed by atoms with Gasteiger partial charge in [0.05, 0.1) is 30.7 Å². The van der Waals surface area contributed by atoms with E-state index in [1.165, 1.54) is 12.1 Å². The normalized spacial score (nSPS) is 11.0. The highest BCUT2D eigenvalue weighted by atomic mass is 35.5. The summed E-state index contributed by atoms with van der Waals surface area (Å²) >= 11 is 6.07. The Labute approximate surface area is 184 Å². The highest BCUT2D eigenvalue weighted by Crippen LogP contribution is 2.19. The second-order valence-corrected chi connectivity index (χ2v) is 7.81. The molecule has 0 aliphatic rings.